The molecule has 0 N–H and O–H groups in total. The van der Waals surface area contributed by atoms with Crippen LogP contribution in [0, 0.1) is 24.2 Å². The van der Waals surface area contributed by atoms with Crippen molar-refractivity contribution in [3.63, 3.8) is 0 Å². The van der Waals surface area contributed by atoms with Crippen molar-refractivity contribution in [3.05, 3.63) is 65.9 Å². The van der Waals surface area contributed by atoms with E-state index in [1.165, 1.54) is 22.4 Å². The van der Waals surface area contributed by atoms with E-state index in [1.807, 2.05) is 0 Å². The second kappa shape index (κ2) is 10.6. The lowest BCUT2D eigenvalue weighted by atomic mass is 9.99. The number of alkyl halides is 2. The number of halogens is 2. The first-order valence-corrected chi connectivity index (χ1v) is 14.0. The molecule has 0 spiro atoms. The van der Waals surface area contributed by atoms with E-state index in [2.05, 4.69) is 65.8 Å². The molecular weight excluding hydrogens is 526 g/mol. The number of rotatable bonds is 7. The SMILES string of the molecule is C=CC(=O)N1CCN(c2nc(OCC3CC3(F)F)nc3c2CCN(c2cccc4cccc(C)c24)C3)C[C@@H]1CC#N. The van der Waals surface area contributed by atoms with Crippen molar-refractivity contribution in [1.29, 1.82) is 5.26 Å². The van der Waals surface area contributed by atoms with Crippen LogP contribution in [0.15, 0.2) is 49.1 Å². The van der Waals surface area contributed by atoms with Gasteiger partial charge in [-0.2, -0.15) is 15.2 Å². The summed E-state index contributed by atoms with van der Waals surface area (Å²) in [5.41, 5.74) is 4.10. The van der Waals surface area contributed by atoms with E-state index in [1.54, 1.807) is 4.90 Å². The Morgan fingerprint density at radius 1 is 1.20 bits per heavy atom. The third kappa shape index (κ3) is 5.17. The minimum absolute atomic E-state index is 0.0823. The lowest BCUT2D eigenvalue weighted by Crippen LogP contribution is -2.55. The summed E-state index contributed by atoms with van der Waals surface area (Å²) in [5.74, 6) is -3.03. The van der Waals surface area contributed by atoms with Crippen LogP contribution in [0.25, 0.3) is 10.8 Å². The summed E-state index contributed by atoms with van der Waals surface area (Å²) in [6, 6.07) is 14.5. The van der Waals surface area contributed by atoms with Crippen LogP contribution in [-0.2, 0) is 17.8 Å². The van der Waals surface area contributed by atoms with Crippen LogP contribution in [0.2, 0.25) is 0 Å². The molecule has 10 heteroatoms. The molecular formula is C31H32F2N6O2. The first kappa shape index (κ1) is 26.9. The van der Waals surface area contributed by atoms with Gasteiger partial charge in [-0.25, -0.2) is 8.78 Å². The molecule has 1 aromatic heterocycles. The Morgan fingerprint density at radius 2 is 1.98 bits per heavy atom. The summed E-state index contributed by atoms with van der Waals surface area (Å²) >= 11 is 0. The molecule has 1 amide bonds. The van der Waals surface area contributed by atoms with Crippen molar-refractivity contribution in [3.8, 4) is 12.1 Å². The monoisotopic (exact) mass is 558 g/mol. The molecule has 1 saturated carbocycles. The average molecular weight is 559 g/mol. The van der Waals surface area contributed by atoms with Gasteiger partial charge in [-0.1, -0.05) is 36.9 Å². The molecule has 1 unspecified atom stereocenters. The number of amides is 1. The zero-order valence-corrected chi connectivity index (χ0v) is 23.0. The Morgan fingerprint density at radius 3 is 2.71 bits per heavy atom. The fraction of sp³-hybridized carbons (Fsp3) is 0.419. The number of nitrogens with zero attached hydrogens (tertiary/aromatic N) is 6. The maximum atomic E-state index is 13.6. The second-order valence-corrected chi connectivity index (χ2v) is 11.0. The highest BCUT2D eigenvalue weighted by Gasteiger charge is 2.57. The van der Waals surface area contributed by atoms with E-state index in [0.29, 0.717) is 38.4 Å². The number of fused-ring (bicyclic) bond motifs is 2. The number of carbonyl (C=O) groups excluding carboxylic acids is 1. The number of aromatic nitrogens is 2. The maximum Gasteiger partial charge on any atom is 0.318 e. The topological polar surface area (TPSA) is 85.6 Å². The van der Waals surface area contributed by atoms with E-state index in [4.69, 9.17) is 14.7 Å². The third-order valence-corrected chi connectivity index (χ3v) is 8.39. The second-order valence-electron chi connectivity index (χ2n) is 11.0. The van der Waals surface area contributed by atoms with Gasteiger partial charge in [0.05, 0.1) is 36.7 Å². The molecule has 2 aromatic carbocycles. The summed E-state index contributed by atoms with van der Waals surface area (Å²) in [4.78, 5) is 28.0. The van der Waals surface area contributed by atoms with Crippen molar-refractivity contribution in [1.82, 2.24) is 14.9 Å². The lowest BCUT2D eigenvalue weighted by molar-refractivity contribution is -0.128. The molecule has 3 aromatic rings. The Balaban J connectivity index is 1.34. The largest absolute Gasteiger partial charge is 0.463 e. The third-order valence-electron chi connectivity index (χ3n) is 8.39. The molecule has 8 nitrogen and oxygen atoms in total. The van der Waals surface area contributed by atoms with E-state index in [9.17, 15) is 18.8 Å². The number of hydrogen-bond acceptors (Lipinski definition) is 7. The summed E-state index contributed by atoms with van der Waals surface area (Å²) in [5, 5.41) is 11.8. The van der Waals surface area contributed by atoms with Gasteiger partial charge < -0.3 is 19.4 Å². The van der Waals surface area contributed by atoms with E-state index >= 15 is 0 Å². The molecule has 0 radical (unpaired) electrons. The van der Waals surface area contributed by atoms with E-state index < -0.39 is 11.8 Å². The molecule has 2 fully saturated rings. The Labute approximate surface area is 237 Å². The first-order chi connectivity index (χ1) is 19.8. The number of benzene rings is 2. The highest BCUT2D eigenvalue weighted by atomic mass is 19.3. The normalized spacial score (nSPS) is 21.3. The standard InChI is InChI=1S/C31H32F2N6O2/c1-3-27(40)39-15-14-38(17-23(39)10-12-34)29-24-11-13-37(26-9-5-8-21-7-4-6-20(2)28(21)26)18-25(24)35-30(36-29)41-19-22-16-31(22,32)33/h3-9,22-23H,1,10-11,13-19H2,2H3/t22?,23-/m0/s1. The van der Waals surface area contributed by atoms with Gasteiger partial charge in [0, 0.05) is 49.2 Å². The molecule has 1 aliphatic carbocycles. The van der Waals surface area contributed by atoms with Crippen LogP contribution in [0.5, 0.6) is 6.01 Å². The number of ether oxygens (including phenoxy) is 1. The van der Waals surface area contributed by atoms with Crippen LogP contribution < -0.4 is 14.5 Å². The number of anilines is 2. The molecule has 0 bridgehead atoms. The van der Waals surface area contributed by atoms with Crippen molar-refractivity contribution in [2.75, 3.05) is 42.6 Å². The van der Waals surface area contributed by atoms with Crippen molar-refractivity contribution >= 4 is 28.2 Å². The van der Waals surface area contributed by atoms with Gasteiger partial charge >= 0.3 is 6.01 Å². The molecule has 3 aliphatic rings. The predicted octanol–water partition coefficient (Wildman–Crippen LogP) is 4.65. The van der Waals surface area contributed by atoms with Gasteiger partial charge in [-0.05, 0) is 36.4 Å². The van der Waals surface area contributed by atoms with Gasteiger partial charge in [0.15, 0.2) is 0 Å². The number of hydrogen-bond donors (Lipinski definition) is 0. The summed E-state index contributed by atoms with van der Waals surface area (Å²) < 4.78 is 32.9. The highest BCUT2D eigenvalue weighted by Crippen LogP contribution is 2.48. The van der Waals surface area contributed by atoms with Gasteiger partial charge in [-0.3, -0.25) is 4.79 Å². The zero-order chi connectivity index (χ0) is 28.7. The smallest absolute Gasteiger partial charge is 0.318 e. The number of aryl methyl sites for hydroxylation is 1. The van der Waals surface area contributed by atoms with Crippen LogP contribution in [0.1, 0.15) is 29.7 Å². The van der Waals surface area contributed by atoms with Crippen LogP contribution >= 0.6 is 0 Å². The van der Waals surface area contributed by atoms with Crippen molar-refractivity contribution in [2.45, 2.75) is 44.7 Å². The molecule has 3 heterocycles. The summed E-state index contributed by atoms with van der Waals surface area (Å²) in [6.45, 7) is 8.19. The lowest BCUT2D eigenvalue weighted by Gasteiger charge is -2.42. The van der Waals surface area contributed by atoms with Gasteiger partial charge in [0.2, 0.25) is 5.91 Å². The van der Waals surface area contributed by atoms with Gasteiger partial charge in [0.1, 0.15) is 12.4 Å². The Kier molecular flexibility index (Phi) is 6.98. The molecule has 1 saturated heterocycles. The number of piperazine rings is 1. The quantitative estimate of drug-likeness (QED) is 0.390. The number of nitriles is 1. The fourth-order valence-electron chi connectivity index (χ4n) is 6.05. The minimum atomic E-state index is -2.70. The average Bonchev–Trinajstić information content (AvgIpc) is 3.60. The Bertz CT molecular complexity index is 1550. The van der Waals surface area contributed by atoms with Crippen molar-refractivity contribution < 1.29 is 18.3 Å². The van der Waals surface area contributed by atoms with Crippen LogP contribution in [0.3, 0.4) is 0 Å². The van der Waals surface area contributed by atoms with Gasteiger partial charge in [-0.15, -0.1) is 0 Å². The number of carbonyl (C=O) groups is 1. The van der Waals surface area contributed by atoms with Crippen LogP contribution in [-0.4, -0.2) is 65.5 Å². The molecule has 2 aliphatic heterocycles. The maximum absolute atomic E-state index is 13.6. The van der Waals surface area contributed by atoms with Crippen LogP contribution in [0.4, 0.5) is 20.3 Å². The first-order valence-electron chi connectivity index (χ1n) is 14.0. The van der Waals surface area contributed by atoms with E-state index in [-0.39, 0.29) is 37.4 Å². The Hall–Kier alpha value is -4.26. The van der Waals surface area contributed by atoms with Crippen molar-refractivity contribution in [2.24, 2.45) is 5.92 Å². The summed E-state index contributed by atoms with van der Waals surface area (Å²) in [6.07, 6.45) is 1.95. The fourth-order valence-corrected chi connectivity index (χ4v) is 6.05. The molecule has 212 valence electrons. The summed E-state index contributed by atoms with van der Waals surface area (Å²) in [7, 11) is 0. The predicted molar refractivity (Wildman–Crippen MR) is 152 cm³/mol. The van der Waals surface area contributed by atoms with Gasteiger partial charge in [0.25, 0.3) is 5.92 Å². The highest BCUT2D eigenvalue weighted by molar-refractivity contribution is 5.97. The molecule has 41 heavy (non-hydrogen) atoms. The zero-order valence-electron chi connectivity index (χ0n) is 23.0. The minimum Gasteiger partial charge on any atom is -0.463 e. The molecule has 6 rings (SSSR count). The molecule has 2 atom stereocenters. The van der Waals surface area contributed by atoms with E-state index in [0.717, 1.165) is 23.5 Å².